The lowest BCUT2D eigenvalue weighted by atomic mass is 9.84. The highest BCUT2D eigenvalue weighted by Gasteiger charge is 2.41. The molecule has 0 spiro atoms. The molecular weight excluding hydrogens is 212 g/mol. The quantitative estimate of drug-likeness (QED) is 0.784. The molecule has 100 valence electrons. The molecule has 2 rings (SSSR count). The molecule has 1 aliphatic carbocycles. The summed E-state index contributed by atoms with van der Waals surface area (Å²) in [5.41, 5.74) is 0.424. The van der Waals surface area contributed by atoms with E-state index in [4.69, 9.17) is 0 Å². The van der Waals surface area contributed by atoms with Gasteiger partial charge in [0.05, 0.1) is 6.10 Å². The lowest BCUT2D eigenvalue weighted by Crippen LogP contribution is -2.47. The van der Waals surface area contributed by atoms with Crippen molar-refractivity contribution in [1.82, 2.24) is 10.2 Å². The summed E-state index contributed by atoms with van der Waals surface area (Å²) in [4.78, 5) is 2.46. The van der Waals surface area contributed by atoms with Crippen LogP contribution < -0.4 is 5.32 Å². The molecule has 2 N–H and O–H groups in total. The second kappa shape index (κ2) is 5.25. The zero-order chi connectivity index (χ0) is 12.5. The third kappa shape index (κ3) is 3.01. The van der Waals surface area contributed by atoms with E-state index < -0.39 is 0 Å². The van der Waals surface area contributed by atoms with Gasteiger partial charge >= 0.3 is 0 Å². The Balaban J connectivity index is 1.90. The fourth-order valence-corrected chi connectivity index (χ4v) is 3.87. The molecule has 3 nitrogen and oxygen atoms in total. The van der Waals surface area contributed by atoms with E-state index in [1.807, 2.05) is 0 Å². The summed E-state index contributed by atoms with van der Waals surface area (Å²) in [6.07, 6.45) is 4.69. The Morgan fingerprint density at radius 1 is 1.35 bits per heavy atom. The van der Waals surface area contributed by atoms with E-state index in [0.717, 1.165) is 31.8 Å². The Hall–Kier alpha value is -0.120. The average Bonchev–Trinajstić information content (AvgIpc) is 2.53. The van der Waals surface area contributed by atoms with Crippen LogP contribution in [-0.2, 0) is 0 Å². The second-order valence-electron chi connectivity index (χ2n) is 6.61. The highest BCUT2D eigenvalue weighted by atomic mass is 16.3. The summed E-state index contributed by atoms with van der Waals surface area (Å²) in [6.45, 7) is 7.96. The molecule has 3 unspecified atom stereocenters. The van der Waals surface area contributed by atoms with Crippen molar-refractivity contribution in [2.24, 2.45) is 11.3 Å². The van der Waals surface area contributed by atoms with Crippen molar-refractivity contribution in [1.29, 1.82) is 0 Å². The Kier molecular flexibility index (Phi) is 4.11. The van der Waals surface area contributed by atoms with Crippen LogP contribution in [0.5, 0.6) is 0 Å². The maximum Gasteiger partial charge on any atom is 0.0667 e. The zero-order valence-corrected chi connectivity index (χ0v) is 11.6. The van der Waals surface area contributed by atoms with Crippen molar-refractivity contribution in [2.45, 2.75) is 51.7 Å². The Morgan fingerprint density at radius 2 is 2.12 bits per heavy atom. The van der Waals surface area contributed by atoms with Gasteiger partial charge in [-0.15, -0.1) is 0 Å². The molecule has 1 saturated heterocycles. The van der Waals surface area contributed by atoms with Crippen molar-refractivity contribution in [3.63, 3.8) is 0 Å². The third-order valence-electron chi connectivity index (χ3n) is 4.76. The zero-order valence-electron chi connectivity index (χ0n) is 11.6. The summed E-state index contributed by atoms with van der Waals surface area (Å²) in [6, 6.07) is 0.626. The minimum atomic E-state index is -0.0915. The molecule has 3 heteroatoms. The average molecular weight is 240 g/mol. The molecule has 0 aromatic carbocycles. The Labute approximate surface area is 106 Å². The number of β-amino-alcohol motifs (C(OH)–C–C–N with tert-alkyl or cyclic N) is 1. The fraction of sp³-hybridized carbons (Fsp3) is 1.00. The number of nitrogens with one attached hydrogen (secondary N) is 1. The minimum absolute atomic E-state index is 0.0915. The number of piperidine rings is 1. The van der Waals surface area contributed by atoms with Crippen LogP contribution in [0.15, 0.2) is 0 Å². The summed E-state index contributed by atoms with van der Waals surface area (Å²) < 4.78 is 0. The van der Waals surface area contributed by atoms with Gasteiger partial charge in [0.1, 0.15) is 0 Å². The molecule has 2 fully saturated rings. The first-order valence-electron chi connectivity index (χ1n) is 7.10. The SMILES string of the molecule is CNC1C(CN2CCCC(O)C2)CCC1(C)C. The highest BCUT2D eigenvalue weighted by molar-refractivity contribution is 4.96. The Morgan fingerprint density at radius 3 is 2.76 bits per heavy atom. The van der Waals surface area contributed by atoms with Crippen molar-refractivity contribution in [3.8, 4) is 0 Å². The van der Waals surface area contributed by atoms with Gasteiger partial charge in [-0.2, -0.15) is 0 Å². The van der Waals surface area contributed by atoms with Crippen molar-refractivity contribution in [2.75, 3.05) is 26.7 Å². The summed E-state index contributed by atoms with van der Waals surface area (Å²) in [5, 5.41) is 13.2. The lowest BCUT2D eigenvalue weighted by molar-refractivity contribution is 0.0581. The highest BCUT2D eigenvalue weighted by Crippen LogP contribution is 2.41. The lowest BCUT2D eigenvalue weighted by Gasteiger charge is -2.36. The molecule has 0 aromatic heterocycles. The number of hydrogen-bond acceptors (Lipinski definition) is 3. The van der Waals surface area contributed by atoms with Crippen LogP contribution in [0.25, 0.3) is 0 Å². The van der Waals surface area contributed by atoms with E-state index in [2.05, 4.69) is 31.1 Å². The van der Waals surface area contributed by atoms with Gasteiger partial charge in [0.2, 0.25) is 0 Å². The number of likely N-dealkylation sites (tertiary alicyclic amines) is 1. The van der Waals surface area contributed by atoms with Gasteiger partial charge in [-0.1, -0.05) is 13.8 Å². The monoisotopic (exact) mass is 240 g/mol. The van der Waals surface area contributed by atoms with E-state index in [9.17, 15) is 5.11 Å². The van der Waals surface area contributed by atoms with Crippen molar-refractivity contribution >= 4 is 0 Å². The van der Waals surface area contributed by atoms with Crippen LogP contribution in [0.3, 0.4) is 0 Å². The molecular formula is C14H28N2O. The van der Waals surface area contributed by atoms with Crippen LogP contribution in [0, 0.1) is 11.3 Å². The molecule has 1 heterocycles. The van der Waals surface area contributed by atoms with Crippen LogP contribution in [0.1, 0.15) is 39.5 Å². The molecule has 1 aliphatic heterocycles. The number of aliphatic hydroxyl groups is 1. The van der Waals surface area contributed by atoms with Crippen LogP contribution in [0.4, 0.5) is 0 Å². The van der Waals surface area contributed by atoms with Gasteiger partial charge in [-0.25, -0.2) is 0 Å². The van der Waals surface area contributed by atoms with Gasteiger partial charge in [0, 0.05) is 19.1 Å². The van der Waals surface area contributed by atoms with Crippen molar-refractivity contribution < 1.29 is 5.11 Å². The second-order valence-corrected chi connectivity index (χ2v) is 6.61. The largest absolute Gasteiger partial charge is 0.392 e. The van der Waals surface area contributed by atoms with Crippen LogP contribution in [0.2, 0.25) is 0 Å². The van der Waals surface area contributed by atoms with Crippen molar-refractivity contribution in [3.05, 3.63) is 0 Å². The molecule has 17 heavy (non-hydrogen) atoms. The predicted octanol–water partition coefficient (Wildman–Crippen LogP) is 1.47. The summed E-state index contributed by atoms with van der Waals surface area (Å²) in [5.74, 6) is 0.750. The molecule has 0 aromatic rings. The van der Waals surface area contributed by atoms with E-state index in [1.165, 1.54) is 19.4 Å². The summed E-state index contributed by atoms with van der Waals surface area (Å²) >= 11 is 0. The maximum atomic E-state index is 9.72. The predicted molar refractivity (Wildman–Crippen MR) is 71.0 cm³/mol. The van der Waals surface area contributed by atoms with Gasteiger partial charge in [0.15, 0.2) is 0 Å². The first-order chi connectivity index (χ1) is 8.03. The molecule has 0 amide bonds. The molecule has 1 saturated carbocycles. The van der Waals surface area contributed by atoms with E-state index in [-0.39, 0.29) is 6.10 Å². The molecule has 2 aliphatic rings. The number of rotatable bonds is 3. The standard InChI is InChI=1S/C14H28N2O/c1-14(2)7-6-11(13(14)15-3)9-16-8-4-5-12(17)10-16/h11-13,15,17H,4-10H2,1-3H3. The van der Waals surface area contributed by atoms with Crippen LogP contribution >= 0.6 is 0 Å². The molecule has 0 bridgehead atoms. The van der Waals surface area contributed by atoms with Crippen LogP contribution in [-0.4, -0.2) is 48.8 Å². The Bertz CT molecular complexity index is 255. The van der Waals surface area contributed by atoms with E-state index in [1.54, 1.807) is 0 Å². The number of aliphatic hydroxyl groups excluding tert-OH is 1. The summed E-state index contributed by atoms with van der Waals surface area (Å²) in [7, 11) is 2.09. The normalized spacial score (nSPS) is 38.5. The van der Waals surface area contributed by atoms with Gasteiger partial charge in [-0.3, -0.25) is 0 Å². The third-order valence-corrected chi connectivity index (χ3v) is 4.76. The van der Waals surface area contributed by atoms with E-state index in [0.29, 0.717) is 11.5 Å². The maximum absolute atomic E-state index is 9.72. The number of nitrogens with zero attached hydrogens (tertiary/aromatic N) is 1. The minimum Gasteiger partial charge on any atom is -0.392 e. The number of hydrogen-bond donors (Lipinski definition) is 2. The smallest absolute Gasteiger partial charge is 0.0667 e. The van der Waals surface area contributed by atoms with Gasteiger partial charge < -0.3 is 15.3 Å². The first-order valence-corrected chi connectivity index (χ1v) is 7.10. The fourth-order valence-electron chi connectivity index (χ4n) is 3.87. The first kappa shape index (κ1) is 13.3. The molecule has 3 atom stereocenters. The van der Waals surface area contributed by atoms with Gasteiger partial charge in [-0.05, 0) is 50.6 Å². The topological polar surface area (TPSA) is 35.5 Å². The van der Waals surface area contributed by atoms with E-state index >= 15 is 0 Å². The van der Waals surface area contributed by atoms with Gasteiger partial charge in [0.25, 0.3) is 0 Å². The molecule has 0 radical (unpaired) electrons.